The lowest BCUT2D eigenvalue weighted by Crippen LogP contribution is -2.34. The molecule has 1 atom stereocenters. The fraction of sp³-hybridized carbons (Fsp3) is 0.294. The van der Waals surface area contributed by atoms with Gasteiger partial charge in [0, 0.05) is 26.4 Å². The summed E-state index contributed by atoms with van der Waals surface area (Å²) in [5.74, 6) is -0.326. The Morgan fingerprint density at radius 1 is 1.08 bits per heavy atom. The second-order valence-electron chi connectivity index (χ2n) is 5.40. The fourth-order valence-electron chi connectivity index (χ4n) is 2.26. The highest BCUT2D eigenvalue weighted by Crippen LogP contribution is 2.28. The minimum absolute atomic E-state index is 0.0653. The van der Waals surface area contributed by atoms with Crippen LogP contribution in [0.15, 0.2) is 58.0 Å². The molecule has 1 unspecified atom stereocenters. The number of nitrogens with one attached hydrogen (secondary N) is 2. The molecular weight excluding hydrogens is 344 g/mol. The Morgan fingerprint density at radius 2 is 1.80 bits per heavy atom. The standard InChI is InChI=1S/C17H20N2O5S/c1-13(20)18-10-9-17(21)19-12-16(15-8-5-11-24-15)25(22,23)14-6-3-2-4-7-14/h2-8,11,16H,9-10,12H2,1H3,(H,18,20)(H,19,21). The Labute approximate surface area is 146 Å². The van der Waals surface area contributed by atoms with Crippen LogP contribution in [0.1, 0.15) is 24.4 Å². The smallest absolute Gasteiger partial charge is 0.221 e. The molecule has 1 aromatic heterocycles. The lowest BCUT2D eigenvalue weighted by molar-refractivity contribution is -0.121. The maximum atomic E-state index is 12.9. The molecule has 1 aromatic carbocycles. The number of hydrogen-bond acceptors (Lipinski definition) is 5. The van der Waals surface area contributed by atoms with Gasteiger partial charge in [0.2, 0.25) is 11.8 Å². The molecule has 2 N–H and O–H groups in total. The minimum atomic E-state index is -3.73. The van der Waals surface area contributed by atoms with E-state index < -0.39 is 15.1 Å². The fourth-order valence-corrected chi connectivity index (χ4v) is 3.87. The van der Waals surface area contributed by atoms with Crippen LogP contribution in [0.3, 0.4) is 0 Å². The molecule has 1 heterocycles. The predicted molar refractivity (Wildman–Crippen MR) is 91.4 cm³/mol. The molecule has 7 nitrogen and oxygen atoms in total. The predicted octanol–water partition coefficient (Wildman–Crippen LogP) is 1.44. The number of sulfone groups is 1. The van der Waals surface area contributed by atoms with Crippen LogP contribution in [-0.4, -0.2) is 33.3 Å². The highest BCUT2D eigenvalue weighted by molar-refractivity contribution is 7.91. The SMILES string of the molecule is CC(=O)NCCC(=O)NCC(c1ccco1)S(=O)(=O)c1ccccc1. The Kier molecular flexibility index (Phi) is 6.35. The van der Waals surface area contributed by atoms with Crippen LogP contribution in [-0.2, 0) is 19.4 Å². The molecule has 0 aliphatic heterocycles. The van der Waals surface area contributed by atoms with Gasteiger partial charge < -0.3 is 15.1 Å². The highest BCUT2D eigenvalue weighted by Gasteiger charge is 2.31. The summed E-state index contributed by atoms with van der Waals surface area (Å²) in [7, 11) is -3.73. The summed E-state index contributed by atoms with van der Waals surface area (Å²) in [6.07, 6.45) is 1.46. The van der Waals surface area contributed by atoms with Gasteiger partial charge in [0.15, 0.2) is 9.84 Å². The first-order valence-corrected chi connectivity index (χ1v) is 9.29. The van der Waals surface area contributed by atoms with Crippen LogP contribution in [0.5, 0.6) is 0 Å². The molecule has 0 saturated carbocycles. The zero-order chi connectivity index (χ0) is 18.3. The maximum absolute atomic E-state index is 12.9. The van der Waals surface area contributed by atoms with E-state index >= 15 is 0 Å². The molecule has 0 saturated heterocycles. The number of amides is 2. The number of benzene rings is 1. The largest absolute Gasteiger partial charge is 0.468 e. The Balaban J connectivity index is 2.10. The molecule has 0 spiro atoms. The van der Waals surface area contributed by atoms with Crippen molar-refractivity contribution in [3.63, 3.8) is 0 Å². The summed E-state index contributed by atoms with van der Waals surface area (Å²) < 4.78 is 31.0. The van der Waals surface area contributed by atoms with Gasteiger partial charge >= 0.3 is 0 Å². The van der Waals surface area contributed by atoms with Crippen molar-refractivity contribution in [3.05, 3.63) is 54.5 Å². The normalized spacial score (nSPS) is 12.4. The van der Waals surface area contributed by atoms with Crippen molar-refractivity contribution in [2.75, 3.05) is 13.1 Å². The van der Waals surface area contributed by atoms with E-state index in [1.165, 1.54) is 25.3 Å². The van der Waals surface area contributed by atoms with Gasteiger partial charge in [-0.2, -0.15) is 0 Å². The first-order valence-electron chi connectivity index (χ1n) is 7.74. The minimum Gasteiger partial charge on any atom is -0.468 e. The summed E-state index contributed by atoms with van der Waals surface area (Å²) in [5, 5.41) is 4.07. The molecule has 0 bridgehead atoms. The Hall–Kier alpha value is -2.61. The molecule has 2 rings (SSSR count). The number of rotatable bonds is 8. The average Bonchev–Trinajstić information content (AvgIpc) is 3.09. The maximum Gasteiger partial charge on any atom is 0.221 e. The second kappa shape index (κ2) is 8.48. The van der Waals surface area contributed by atoms with Gasteiger partial charge in [-0.1, -0.05) is 18.2 Å². The van der Waals surface area contributed by atoms with Gasteiger partial charge in [-0.05, 0) is 24.3 Å². The molecule has 25 heavy (non-hydrogen) atoms. The zero-order valence-electron chi connectivity index (χ0n) is 13.8. The molecule has 2 amide bonds. The molecule has 134 valence electrons. The molecular formula is C17H20N2O5S. The summed E-state index contributed by atoms with van der Waals surface area (Å²) in [4.78, 5) is 22.8. The van der Waals surface area contributed by atoms with Gasteiger partial charge in [-0.25, -0.2) is 8.42 Å². The molecule has 0 fully saturated rings. The lowest BCUT2D eigenvalue weighted by Gasteiger charge is -2.16. The highest BCUT2D eigenvalue weighted by atomic mass is 32.2. The van der Waals surface area contributed by atoms with Crippen LogP contribution >= 0.6 is 0 Å². The van der Waals surface area contributed by atoms with Crippen LogP contribution in [0.2, 0.25) is 0 Å². The van der Waals surface area contributed by atoms with Crippen molar-refractivity contribution >= 4 is 21.7 Å². The molecule has 0 aliphatic rings. The van der Waals surface area contributed by atoms with Gasteiger partial charge in [0.05, 0.1) is 11.2 Å². The molecule has 8 heteroatoms. The third-order valence-electron chi connectivity index (χ3n) is 3.52. The van der Waals surface area contributed by atoms with E-state index in [4.69, 9.17) is 4.42 Å². The van der Waals surface area contributed by atoms with Gasteiger partial charge in [0.25, 0.3) is 0 Å². The van der Waals surface area contributed by atoms with Crippen LogP contribution in [0.25, 0.3) is 0 Å². The van der Waals surface area contributed by atoms with E-state index in [0.29, 0.717) is 0 Å². The van der Waals surface area contributed by atoms with E-state index in [-0.39, 0.29) is 42.0 Å². The van der Waals surface area contributed by atoms with Crippen molar-refractivity contribution in [3.8, 4) is 0 Å². The van der Waals surface area contributed by atoms with Crippen molar-refractivity contribution in [2.24, 2.45) is 0 Å². The van der Waals surface area contributed by atoms with Gasteiger partial charge in [-0.3, -0.25) is 9.59 Å². The van der Waals surface area contributed by atoms with E-state index in [0.717, 1.165) is 0 Å². The first-order chi connectivity index (χ1) is 11.9. The number of hydrogen-bond donors (Lipinski definition) is 2. The molecule has 0 radical (unpaired) electrons. The second-order valence-corrected chi connectivity index (χ2v) is 7.53. The van der Waals surface area contributed by atoms with Crippen LogP contribution in [0, 0.1) is 0 Å². The molecule has 2 aromatic rings. The van der Waals surface area contributed by atoms with Crippen molar-refractivity contribution < 1.29 is 22.4 Å². The topological polar surface area (TPSA) is 105 Å². The van der Waals surface area contributed by atoms with Gasteiger partial charge in [-0.15, -0.1) is 0 Å². The first kappa shape index (κ1) is 18.7. The van der Waals surface area contributed by atoms with E-state index in [1.807, 2.05) is 0 Å². The van der Waals surface area contributed by atoms with Crippen molar-refractivity contribution in [1.29, 1.82) is 0 Å². The van der Waals surface area contributed by atoms with E-state index in [2.05, 4.69) is 10.6 Å². The summed E-state index contributed by atoms with van der Waals surface area (Å²) in [6.45, 7) is 1.43. The zero-order valence-corrected chi connectivity index (χ0v) is 14.6. The Morgan fingerprint density at radius 3 is 2.40 bits per heavy atom. The van der Waals surface area contributed by atoms with Crippen LogP contribution in [0.4, 0.5) is 0 Å². The summed E-state index contributed by atoms with van der Waals surface area (Å²) in [6, 6.07) is 11.2. The van der Waals surface area contributed by atoms with E-state index in [1.54, 1.807) is 30.3 Å². The monoisotopic (exact) mass is 364 g/mol. The van der Waals surface area contributed by atoms with E-state index in [9.17, 15) is 18.0 Å². The third-order valence-corrected chi connectivity index (χ3v) is 5.59. The number of furan rings is 1. The average molecular weight is 364 g/mol. The lowest BCUT2D eigenvalue weighted by atomic mass is 10.3. The van der Waals surface area contributed by atoms with Crippen molar-refractivity contribution in [2.45, 2.75) is 23.5 Å². The van der Waals surface area contributed by atoms with Crippen LogP contribution < -0.4 is 10.6 Å². The van der Waals surface area contributed by atoms with Gasteiger partial charge in [0.1, 0.15) is 11.0 Å². The van der Waals surface area contributed by atoms with Crippen molar-refractivity contribution in [1.82, 2.24) is 10.6 Å². The number of carbonyl (C=O) groups is 2. The summed E-state index contributed by atoms with van der Waals surface area (Å²) in [5.41, 5.74) is 0. The quantitative estimate of drug-likeness (QED) is 0.737. The Bertz CT molecular complexity index is 801. The molecule has 0 aliphatic carbocycles. The number of carbonyl (C=O) groups excluding carboxylic acids is 2. The third kappa shape index (κ3) is 5.18. The summed E-state index contributed by atoms with van der Waals surface area (Å²) >= 11 is 0.